The fourth-order valence-electron chi connectivity index (χ4n) is 2.35. The van der Waals surface area contributed by atoms with Crippen molar-refractivity contribution in [2.45, 2.75) is 43.7 Å². The van der Waals surface area contributed by atoms with Crippen LogP contribution in [0.3, 0.4) is 0 Å². The lowest BCUT2D eigenvalue weighted by molar-refractivity contribution is -0.141. The van der Waals surface area contributed by atoms with Crippen LogP contribution in [0, 0.1) is 0 Å². The third kappa shape index (κ3) is 1.42. The first-order chi connectivity index (χ1) is 6.67. The third-order valence-corrected chi connectivity index (χ3v) is 3.52. The summed E-state index contributed by atoms with van der Waals surface area (Å²) < 4.78 is 0. The van der Waals surface area contributed by atoms with Gasteiger partial charge in [0.1, 0.15) is 0 Å². The molecule has 0 spiro atoms. The van der Waals surface area contributed by atoms with Crippen LogP contribution in [0.4, 0.5) is 0 Å². The number of likely N-dealkylation sites (tertiary alicyclic amines) is 1. The van der Waals surface area contributed by atoms with Crippen molar-refractivity contribution in [3.8, 4) is 0 Å². The van der Waals surface area contributed by atoms with Gasteiger partial charge in [-0.1, -0.05) is 0 Å². The zero-order valence-electron chi connectivity index (χ0n) is 8.41. The monoisotopic (exact) mass is 198 g/mol. The molecule has 1 amide bonds. The number of hydrogen-bond donors (Lipinski definition) is 2. The average Bonchev–Trinajstić information content (AvgIpc) is 2.60. The van der Waals surface area contributed by atoms with E-state index in [9.17, 15) is 4.79 Å². The van der Waals surface area contributed by atoms with Gasteiger partial charge in [0.15, 0.2) is 0 Å². The Morgan fingerprint density at radius 2 is 2.21 bits per heavy atom. The normalized spacial score (nSPS) is 30.1. The van der Waals surface area contributed by atoms with Gasteiger partial charge in [0.25, 0.3) is 0 Å². The van der Waals surface area contributed by atoms with E-state index in [1.807, 2.05) is 0 Å². The van der Waals surface area contributed by atoms with Crippen LogP contribution in [-0.4, -0.2) is 40.6 Å². The molecule has 80 valence electrons. The Kier molecular flexibility index (Phi) is 2.49. The van der Waals surface area contributed by atoms with Gasteiger partial charge in [-0.05, 0) is 32.1 Å². The maximum atomic E-state index is 12.0. The van der Waals surface area contributed by atoms with E-state index in [2.05, 4.69) is 0 Å². The number of hydrogen-bond acceptors (Lipinski definition) is 3. The number of nitrogens with zero attached hydrogens (tertiary/aromatic N) is 1. The molecule has 4 heteroatoms. The summed E-state index contributed by atoms with van der Waals surface area (Å²) in [5, 5.41) is 9.11. The zero-order chi connectivity index (χ0) is 10.2. The highest BCUT2D eigenvalue weighted by Gasteiger charge is 2.45. The summed E-state index contributed by atoms with van der Waals surface area (Å²) in [6.07, 6.45) is 4.58. The molecule has 0 radical (unpaired) electrons. The zero-order valence-corrected chi connectivity index (χ0v) is 8.41. The predicted octanol–water partition coefficient (Wildman–Crippen LogP) is -0.149. The summed E-state index contributed by atoms with van der Waals surface area (Å²) in [5.74, 6) is 0.0558. The van der Waals surface area contributed by atoms with E-state index in [0.717, 1.165) is 38.6 Å². The first-order valence-electron chi connectivity index (χ1n) is 5.38. The minimum absolute atomic E-state index is 0.0172. The van der Waals surface area contributed by atoms with Gasteiger partial charge in [0.05, 0.1) is 18.2 Å². The quantitative estimate of drug-likeness (QED) is 0.648. The van der Waals surface area contributed by atoms with Crippen LogP contribution in [0.25, 0.3) is 0 Å². The summed E-state index contributed by atoms with van der Waals surface area (Å²) in [6.45, 7) is 0.838. The molecule has 1 saturated heterocycles. The van der Waals surface area contributed by atoms with Crippen LogP contribution in [-0.2, 0) is 4.79 Å². The highest BCUT2D eigenvalue weighted by Crippen LogP contribution is 2.33. The van der Waals surface area contributed by atoms with E-state index in [4.69, 9.17) is 10.8 Å². The molecule has 3 N–H and O–H groups in total. The van der Waals surface area contributed by atoms with E-state index < -0.39 is 5.54 Å². The van der Waals surface area contributed by atoms with Crippen molar-refractivity contribution in [1.82, 2.24) is 4.90 Å². The van der Waals surface area contributed by atoms with Crippen LogP contribution >= 0.6 is 0 Å². The molecule has 2 aliphatic rings. The molecule has 1 heterocycles. The molecule has 1 atom stereocenters. The topological polar surface area (TPSA) is 66.6 Å². The van der Waals surface area contributed by atoms with Gasteiger partial charge in [-0.3, -0.25) is 4.79 Å². The van der Waals surface area contributed by atoms with Gasteiger partial charge < -0.3 is 15.7 Å². The second-order valence-electron chi connectivity index (χ2n) is 4.49. The van der Waals surface area contributed by atoms with E-state index >= 15 is 0 Å². The Morgan fingerprint density at radius 3 is 2.71 bits per heavy atom. The number of amides is 1. The second kappa shape index (κ2) is 3.51. The molecule has 4 nitrogen and oxygen atoms in total. The molecular weight excluding hydrogens is 180 g/mol. The average molecular weight is 198 g/mol. The first-order valence-corrected chi connectivity index (χ1v) is 5.38. The molecular formula is C10H18N2O2. The lowest BCUT2D eigenvalue weighted by atomic mass is 9.76. The third-order valence-electron chi connectivity index (χ3n) is 3.52. The summed E-state index contributed by atoms with van der Waals surface area (Å²) in [6, 6.07) is 0.0172. The van der Waals surface area contributed by atoms with Gasteiger partial charge in [-0.2, -0.15) is 0 Å². The molecule has 1 saturated carbocycles. The number of aliphatic hydroxyl groups excluding tert-OH is 1. The van der Waals surface area contributed by atoms with E-state index in [1.165, 1.54) is 0 Å². The van der Waals surface area contributed by atoms with Gasteiger partial charge >= 0.3 is 0 Å². The van der Waals surface area contributed by atoms with Gasteiger partial charge in [-0.25, -0.2) is 0 Å². The van der Waals surface area contributed by atoms with Crippen molar-refractivity contribution in [3.63, 3.8) is 0 Å². The maximum absolute atomic E-state index is 12.0. The molecule has 0 unspecified atom stereocenters. The number of rotatable bonds is 2. The Hall–Kier alpha value is -0.610. The largest absolute Gasteiger partial charge is 0.394 e. The van der Waals surface area contributed by atoms with E-state index in [-0.39, 0.29) is 18.6 Å². The highest BCUT2D eigenvalue weighted by molar-refractivity contribution is 5.87. The van der Waals surface area contributed by atoms with Gasteiger partial charge in [-0.15, -0.1) is 0 Å². The lowest BCUT2D eigenvalue weighted by Crippen LogP contribution is -2.60. The summed E-state index contributed by atoms with van der Waals surface area (Å²) in [7, 11) is 0. The molecule has 0 aromatic carbocycles. The minimum Gasteiger partial charge on any atom is -0.394 e. The van der Waals surface area contributed by atoms with Crippen molar-refractivity contribution < 1.29 is 9.90 Å². The van der Waals surface area contributed by atoms with Crippen LogP contribution in [0.2, 0.25) is 0 Å². The number of aliphatic hydroxyl groups is 1. The Bertz CT molecular complexity index is 238. The SMILES string of the molecule is NC1(C(=O)N2CCC[C@@H]2CO)CCC1. The number of carbonyl (C=O) groups excluding carboxylic acids is 1. The molecule has 2 fully saturated rings. The predicted molar refractivity (Wildman–Crippen MR) is 52.6 cm³/mol. The molecule has 14 heavy (non-hydrogen) atoms. The van der Waals surface area contributed by atoms with Crippen molar-refractivity contribution in [2.75, 3.05) is 13.2 Å². The summed E-state index contributed by atoms with van der Waals surface area (Å²) in [5.41, 5.74) is 5.37. The molecule has 0 bridgehead atoms. The van der Waals surface area contributed by atoms with Gasteiger partial charge in [0.2, 0.25) is 5.91 Å². The lowest BCUT2D eigenvalue weighted by Gasteiger charge is -2.40. The standard InChI is InChI=1S/C10H18N2O2/c11-10(4-2-5-10)9(14)12-6-1-3-8(12)7-13/h8,13H,1-7,11H2/t8-/m1/s1. The van der Waals surface area contributed by atoms with Crippen molar-refractivity contribution >= 4 is 5.91 Å². The smallest absolute Gasteiger partial charge is 0.242 e. The van der Waals surface area contributed by atoms with Crippen LogP contribution < -0.4 is 5.73 Å². The Labute approximate surface area is 84.1 Å². The van der Waals surface area contributed by atoms with Crippen molar-refractivity contribution in [1.29, 1.82) is 0 Å². The molecule has 2 rings (SSSR count). The summed E-state index contributed by atoms with van der Waals surface area (Å²) >= 11 is 0. The van der Waals surface area contributed by atoms with Crippen LogP contribution in [0.5, 0.6) is 0 Å². The molecule has 0 aromatic rings. The number of carbonyl (C=O) groups is 1. The maximum Gasteiger partial charge on any atom is 0.242 e. The van der Waals surface area contributed by atoms with E-state index in [1.54, 1.807) is 4.90 Å². The highest BCUT2D eigenvalue weighted by atomic mass is 16.3. The Balaban J connectivity index is 2.03. The van der Waals surface area contributed by atoms with E-state index in [0.29, 0.717) is 0 Å². The van der Waals surface area contributed by atoms with Crippen molar-refractivity contribution in [2.24, 2.45) is 5.73 Å². The molecule has 0 aromatic heterocycles. The van der Waals surface area contributed by atoms with Crippen LogP contribution in [0.1, 0.15) is 32.1 Å². The second-order valence-corrected chi connectivity index (χ2v) is 4.49. The Morgan fingerprint density at radius 1 is 1.50 bits per heavy atom. The first kappa shape index (κ1) is 9.93. The fraction of sp³-hybridized carbons (Fsp3) is 0.900. The fourth-order valence-corrected chi connectivity index (χ4v) is 2.35. The van der Waals surface area contributed by atoms with Gasteiger partial charge in [0, 0.05) is 6.54 Å². The van der Waals surface area contributed by atoms with Crippen molar-refractivity contribution in [3.05, 3.63) is 0 Å². The van der Waals surface area contributed by atoms with Crippen LogP contribution in [0.15, 0.2) is 0 Å². The summed E-state index contributed by atoms with van der Waals surface area (Å²) in [4.78, 5) is 13.8. The molecule has 1 aliphatic heterocycles. The minimum atomic E-state index is -0.599. The molecule has 1 aliphatic carbocycles. The number of nitrogens with two attached hydrogens (primary N) is 1.